The Bertz CT molecular complexity index is 1160. The summed E-state index contributed by atoms with van der Waals surface area (Å²) >= 11 is 1.72. The van der Waals surface area contributed by atoms with E-state index in [-0.39, 0.29) is 5.91 Å². The van der Waals surface area contributed by atoms with E-state index in [1.807, 2.05) is 42.5 Å². The molecule has 2 heterocycles. The molecule has 2 aromatic carbocycles. The summed E-state index contributed by atoms with van der Waals surface area (Å²) in [7, 11) is 1.66. The maximum atomic E-state index is 13.0. The first-order valence-corrected chi connectivity index (χ1v) is 10.4. The molecule has 148 valence electrons. The molecule has 0 unspecified atom stereocenters. The van der Waals surface area contributed by atoms with Gasteiger partial charge in [-0.2, -0.15) is 0 Å². The molecule has 5 heteroatoms. The molecule has 4 nitrogen and oxygen atoms in total. The van der Waals surface area contributed by atoms with Gasteiger partial charge >= 0.3 is 0 Å². The number of thiophene rings is 1. The number of ether oxygens (including phenoxy) is 1. The zero-order valence-corrected chi connectivity index (χ0v) is 17.7. The quantitative estimate of drug-likeness (QED) is 0.473. The number of hydrogen-bond donors (Lipinski definition) is 1. The molecule has 0 fully saturated rings. The minimum absolute atomic E-state index is 0.0546. The molecular formula is C24H24N2O2S. The molecule has 0 saturated carbocycles. The van der Waals surface area contributed by atoms with Crippen molar-refractivity contribution in [3.63, 3.8) is 0 Å². The first kappa shape index (κ1) is 19.3. The number of amides is 1. The van der Waals surface area contributed by atoms with Gasteiger partial charge in [-0.25, -0.2) is 0 Å². The highest BCUT2D eigenvalue weighted by Crippen LogP contribution is 2.29. The van der Waals surface area contributed by atoms with Crippen molar-refractivity contribution in [1.82, 2.24) is 9.88 Å². The standard InChI is InChI=1S/C24H24N2O2S/c1-16-5-4-6-19(11-16)14-25-24(27)22-13-23-21(12-17(2)29-23)26(22)15-18-7-9-20(28-3)10-8-18/h4-13H,14-15H2,1-3H3,(H,25,27). The molecule has 0 atom stereocenters. The van der Waals surface area contributed by atoms with E-state index in [2.05, 4.69) is 41.9 Å². The average Bonchev–Trinajstić information content (AvgIpc) is 3.24. The Labute approximate surface area is 174 Å². The van der Waals surface area contributed by atoms with E-state index in [9.17, 15) is 4.79 Å². The largest absolute Gasteiger partial charge is 0.497 e. The lowest BCUT2D eigenvalue weighted by Crippen LogP contribution is -2.25. The van der Waals surface area contributed by atoms with Crippen LogP contribution in [0.15, 0.2) is 60.7 Å². The van der Waals surface area contributed by atoms with Crippen LogP contribution in [-0.4, -0.2) is 17.6 Å². The van der Waals surface area contributed by atoms with Crippen molar-refractivity contribution >= 4 is 27.5 Å². The molecule has 4 rings (SSSR count). The fourth-order valence-electron chi connectivity index (χ4n) is 3.53. The van der Waals surface area contributed by atoms with Crippen molar-refractivity contribution < 1.29 is 9.53 Å². The molecule has 4 aromatic rings. The first-order chi connectivity index (χ1) is 14.0. The lowest BCUT2D eigenvalue weighted by molar-refractivity contribution is 0.0942. The predicted octanol–water partition coefficient (Wildman–Crippen LogP) is 5.31. The molecule has 0 bridgehead atoms. The number of carbonyl (C=O) groups is 1. The van der Waals surface area contributed by atoms with Gasteiger partial charge in [-0.1, -0.05) is 42.0 Å². The SMILES string of the molecule is COc1ccc(Cn2c(C(=O)NCc3cccc(C)c3)cc3sc(C)cc32)cc1. The summed E-state index contributed by atoms with van der Waals surface area (Å²) in [5, 5.41) is 3.08. The summed E-state index contributed by atoms with van der Waals surface area (Å²) in [4.78, 5) is 14.3. The molecule has 29 heavy (non-hydrogen) atoms. The van der Waals surface area contributed by atoms with Crippen LogP contribution in [0.25, 0.3) is 10.2 Å². The number of carbonyl (C=O) groups excluding carboxylic acids is 1. The summed E-state index contributed by atoms with van der Waals surface area (Å²) in [6.45, 7) is 5.30. The summed E-state index contributed by atoms with van der Waals surface area (Å²) in [6, 6.07) is 20.3. The van der Waals surface area contributed by atoms with E-state index >= 15 is 0 Å². The maximum absolute atomic E-state index is 13.0. The number of hydrogen-bond acceptors (Lipinski definition) is 3. The van der Waals surface area contributed by atoms with Crippen LogP contribution in [0.1, 0.15) is 32.1 Å². The Morgan fingerprint density at radius 2 is 1.83 bits per heavy atom. The molecule has 1 N–H and O–H groups in total. The number of aromatic nitrogens is 1. The second kappa shape index (κ2) is 8.13. The van der Waals surface area contributed by atoms with E-state index in [4.69, 9.17) is 4.74 Å². The number of fused-ring (bicyclic) bond motifs is 1. The Balaban J connectivity index is 1.61. The van der Waals surface area contributed by atoms with Gasteiger partial charge in [-0.15, -0.1) is 11.3 Å². The van der Waals surface area contributed by atoms with Gasteiger partial charge in [-0.3, -0.25) is 4.79 Å². The zero-order chi connectivity index (χ0) is 20.4. The number of benzene rings is 2. The topological polar surface area (TPSA) is 43.3 Å². The van der Waals surface area contributed by atoms with Crippen LogP contribution in [0.3, 0.4) is 0 Å². The smallest absolute Gasteiger partial charge is 0.268 e. The van der Waals surface area contributed by atoms with E-state index < -0.39 is 0 Å². The monoisotopic (exact) mass is 404 g/mol. The molecule has 0 radical (unpaired) electrons. The molecule has 0 spiro atoms. The van der Waals surface area contributed by atoms with E-state index in [0.717, 1.165) is 27.1 Å². The highest BCUT2D eigenvalue weighted by Gasteiger charge is 2.17. The molecule has 0 saturated heterocycles. The third-order valence-corrected chi connectivity index (χ3v) is 5.97. The zero-order valence-electron chi connectivity index (χ0n) is 16.9. The fourth-order valence-corrected chi connectivity index (χ4v) is 4.49. The molecule has 2 aromatic heterocycles. The van der Waals surface area contributed by atoms with E-state index in [1.165, 1.54) is 10.4 Å². The van der Waals surface area contributed by atoms with Gasteiger partial charge in [0.25, 0.3) is 5.91 Å². The average molecular weight is 405 g/mol. The highest BCUT2D eigenvalue weighted by molar-refractivity contribution is 7.19. The van der Waals surface area contributed by atoms with Crippen LogP contribution >= 0.6 is 11.3 Å². The van der Waals surface area contributed by atoms with Crippen LogP contribution in [0.4, 0.5) is 0 Å². The fraction of sp³-hybridized carbons (Fsp3) is 0.208. The number of rotatable bonds is 6. The second-order valence-electron chi connectivity index (χ2n) is 7.24. The predicted molar refractivity (Wildman–Crippen MR) is 119 cm³/mol. The lowest BCUT2D eigenvalue weighted by atomic mass is 10.1. The third kappa shape index (κ3) is 4.20. The Morgan fingerprint density at radius 3 is 2.55 bits per heavy atom. The van der Waals surface area contributed by atoms with Crippen molar-refractivity contribution in [2.45, 2.75) is 26.9 Å². The van der Waals surface area contributed by atoms with Gasteiger partial charge in [0.1, 0.15) is 11.4 Å². The molecule has 0 aliphatic rings. The number of aryl methyl sites for hydroxylation is 2. The van der Waals surface area contributed by atoms with Gasteiger partial charge < -0.3 is 14.6 Å². The second-order valence-corrected chi connectivity index (χ2v) is 8.53. The number of nitrogens with one attached hydrogen (secondary N) is 1. The highest BCUT2D eigenvalue weighted by atomic mass is 32.1. The van der Waals surface area contributed by atoms with Gasteiger partial charge in [0.05, 0.1) is 17.3 Å². The lowest BCUT2D eigenvalue weighted by Gasteiger charge is -2.12. The van der Waals surface area contributed by atoms with Gasteiger partial charge in [0.15, 0.2) is 0 Å². The van der Waals surface area contributed by atoms with Crippen molar-refractivity contribution in [2.75, 3.05) is 7.11 Å². The van der Waals surface area contributed by atoms with Gasteiger partial charge in [0.2, 0.25) is 0 Å². The molecular weight excluding hydrogens is 380 g/mol. The summed E-state index contributed by atoms with van der Waals surface area (Å²) in [5.74, 6) is 0.773. The maximum Gasteiger partial charge on any atom is 0.268 e. The van der Waals surface area contributed by atoms with Crippen LogP contribution in [0.5, 0.6) is 5.75 Å². The Hall–Kier alpha value is -3.05. The minimum Gasteiger partial charge on any atom is -0.497 e. The molecule has 0 aliphatic carbocycles. The Morgan fingerprint density at radius 1 is 1.03 bits per heavy atom. The van der Waals surface area contributed by atoms with Crippen LogP contribution in [0.2, 0.25) is 0 Å². The number of nitrogens with zero attached hydrogens (tertiary/aromatic N) is 1. The van der Waals surface area contributed by atoms with Crippen molar-refractivity contribution in [2.24, 2.45) is 0 Å². The van der Waals surface area contributed by atoms with E-state index in [0.29, 0.717) is 18.8 Å². The first-order valence-electron chi connectivity index (χ1n) is 9.60. The molecule has 0 aliphatic heterocycles. The number of methoxy groups -OCH3 is 1. The van der Waals surface area contributed by atoms with Crippen molar-refractivity contribution in [1.29, 1.82) is 0 Å². The Kier molecular flexibility index (Phi) is 5.41. The van der Waals surface area contributed by atoms with Crippen LogP contribution in [-0.2, 0) is 13.1 Å². The van der Waals surface area contributed by atoms with Crippen LogP contribution in [0, 0.1) is 13.8 Å². The van der Waals surface area contributed by atoms with Crippen LogP contribution < -0.4 is 10.1 Å². The van der Waals surface area contributed by atoms with Gasteiger partial charge in [0, 0.05) is 18.0 Å². The normalized spacial score (nSPS) is 11.0. The molecule has 1 amide bonds. The van der Waals surface area contributed by atoms with Crippen molar-refractivity contribution in [3.8, 4) is 5.75 Å². The minimum atomic E-state index is -0.0546. The van der Waals surface area contributed by atoms with Crippen molar-refractivity contribution in [3.05, 3.63) is 87.9 Å². The van der Waals surface area contributed by atoms with Gasteiger partial charge in [-0.05, 0) is 49.2 Å². The summed E-state index contributed by atoms with van der Waals surface area (Å²) in [5.41, 5.74) is 5.21. The summed E-state index contributed by atoms with van der Waals surface area (Å²) < 4.78 is 8.49. The van der Waals surface area contributed by atoms with E-state index in [1.54, 1.807) is 18.4 Å². The third-order valence-electron chi connectivity index (χ3n) is 4.98. The summed E-state index contributed by atoms with van der Waals surface area (Å²) in [6.07, 6.45) is 0.